The number of ether oxygens (including phenoxy) is 6. The number of methoxy groups -OCH3 is 3. The maximum Gasteiger partial charge on any atom is 0.343 e. The normalized spacial score (nSPS) is 19.2. The fourth-order valence-corrected chi connectivity index (χ4v) is 5.94. The van der Waals surface area contributed by atoms with E-state index in [4.69, 9.17) is 28.4 Å². The average molecular weight is 534 g/mol. The minimum atomic E-state index is -1.02. The van der Waals surface area contributed by atoms with Crippen LogP contribution in [0.3, 0.4) is 0 Å². The number of benzene rings is 3. The number of cyclic esters (lactones) is 1. The molecule has 3 aliphatic heterocycles. The molecule has 0 saturated carbocycles. The third kappa shape index (κ3) is 3.66. The van der Waals surface area contributed by atoms with E-state index in [1.54, 1.807) is 31.4 Å². The van der Waals surface area contributed by atoms with Gasteiger partial charge < -0.3 is 33.5 Å². The minimum absolute atomic E-state index is 0.00104. The van der Waals surface area contributed by atoms with Gasteiger partial charge in [-0.25, -0.2) is 9.59 Å². The van der Waals surface area contributed by atoms with Crippen molar-refractivity contribution in [1.29, 1.82) is 0 Å². The fourth-order valence-electron chi connectivity index (χ4n) is 5.94. The van der Waals surface area contributed by atoms with E-state index in [9.17, 15) is 14.7 Å². The molecule has 202 valence electrons. The van der Waals surface area contributed by atoms with Gasteiger partial charge in [0.05, 0.1) is 32.9 Å². The first-order valence-electron chi connectivity index (χ1n) is 12.4. The Kier molecular flexibility index (Phi) is 5.99. The average Bonchev–Trinajstić information content (AvgIpc) is 3.55. The third-order valence-electron chi connectivity index (χ3n) is 7.61. The Hall–Kier alpha value is -4.44. The lowest BCUT2D eigenvalue weighted by Gasteiger charge is -2.39. The van der Waals surface area contributed by atoms with E-state index < -0.39 is 24.1 Å². The predicted molar refractivity (Wildman–Crippen MR) is 138 cm³/mol. The zero-order valence-electron chi connectivity index (χ0n) is 21.9. The fraction of sp³-hybridized carbons (Fsp3) is 0.310. The summed E-state index contributed by atoms with van der Waals surface area (Å²) in [6.07, 6.45) is -0.0506. The Morgan fingerprint density at radius 3 is 2.49 bits per heavy atom. The SMILES string of the molecule is COc1ccc2c(c1OC)C(=O)OC2C1c2c(c(-c3cccc(C(=O)O)c3)c3c(c2OC)OCO3)CCN1C. The molecular weight excluding hydrogens is 506 g/mol. The van der Waals surface area contributed by atoms with Crippen molar-refractivity contribution in [2.75, 3.05) is 41.7 Å². The number of rotatable bonds is 6. The highest BCUT2D eigenvalue weighted by Gasteiger charge is 2.47. The van der Waals surface area contributed by atoms with E-state index in [0.717, 1.165) is 16.7 Å². The standard InChI is InChI=1S/C29H27NO9/c1-30-11-10-16-19(14-6-5-7-15(12-14)28(31)32)26-27(38-13-37-26)25(36-4)20(16)22(30)23-17-8-9-18(34-2)24(35-3)21(17)29(33)39-23/h5-9,12,22-23H,10-11,13H2,1-4H3,(H,31,32). The number of fused-ring (bicyclic) bond motifs is 3. The van der Waals surface area contributed by atoms with Gasteiger partial charge in [0, 0.05) is 23.2 Å². The molecule has 0 amide bonds. The number of likely N-dealkylation sites (N-methyl/N-ethyl adjacent to an activating group) is 1. The summed E-state index contributed by atoms with van der Waals surface area (Å²) in [7, 11) is 6.54. The highest BCUT2D eigenvalue weighted by atomic mass is 16.7. The molecule has 3 aromatic carbocycles. The molecule has 39 heavy (non-hydrogen) atoms. The summed E-state index contributed by atoms with van der Waals surface area (Å²) in [5.74, 6) is 0.677. The van der Waals surface area contributed by atoms with Gasteiger partial charge in [0.2, 0.25) is 12.5 Å². The van der Waals surface area contributed by atoms with Gasteiger partial charge in [-0.3, -0.25) is 4.90 Å². The summed E-state index contributed by atoms with van der Waals surface area (Å²) >= 11 is 0. The molecule has 10 heteroatoms. The van der Waals surface area contributed by atoms with Crippen molar-refractivity contribution in [3.05, 3.63) is 64.2 Å². The summed E-state index contributed by atoms with van der Waals surface area (Å²) in [4.78, 5) is 27.1. The largest absolute Gasteiger partial charge is 0.493 e. The van der Waals surface area contributed by atoms with Gasteiger partial charge >= 0.3 is 11.9 Å². The van der Waals surface area contributed by atoms with Gasteiger partial charge in [-0.1, -0.05) is 18.2 Å². The number of aromatic carboxylic acids is 1. The molecule has 0 fully saturated rings. The van der Waals surface area contributed by atoms with E-state index in [-0.39, 0.29) is 12.4 Å². The Bertz CT molecular complexity index is 1520. The van der Waals surface area contributed by atoms with E-state index in [1.807, 2.05) is 19.2 Å². The number of carboxylic acids is 1. The molecule has 0 aromatic heterocycles. The lowest BCUT2D eigenvalue weighted by atomic mass is 9.81. The second-order valence-electron chi connectivity index (χ2n) is 9.52. The quantitative estimate of drug-likeness (QED) is 0.462. The molecule has 0 bridgehead atoms. The Morgan fingerprint density at radius 2 is 1.77 bits per heavy atom. The molecule has 1 N–H and O–H groups in total. The maximum absolute atomic E-state index is 13.2. The van der Waals surface area contributed by atoms with Crippen LogP contribution in [0.25, 0.3) is 11.1 Å². The number of carbonyl (C=O) groups is 2. The van der Waals surface area contributed by atoms with E-state index in [2.05, 4.69) is 4.90 Å². The van der Waals surface area contributed by atoms with Crippen LogP contribution in [0.1, 0.15) is 49.6 Å². The highest BCUT2D eigenvalue weighted by Crippen LogP contribution is 2.58. The number of carbonyl (C=O) groups excluding carboxylic acids is 1. The third-order valence-corrected chi connectivity index (χ3v) is 7.61. The lowest BCUT2D eigenvalue weighted by Crippen LogP contribution is -2.36. The van der Waals surface area contributed by atoms with Crippen LogP contribution in [-0.4, -0.2) is 63.7 Å². The topological polar surface area (TPSA) is 113 Å². The van der Waals surface area contributed by atoms with Crippen molar-refractivity contribution in [3.8, 4) is 39.9 Å². The first-order chi connectivity index (χ1) is 18.9. The van der Waals surface area contributed by atoms with Crippen LogP contribution in [-0.2, 0) is 11.2 Å². The molecule has 6 rings (SSSR count). The van der Waals surface area contributed by atoms with Gasteiger partial charge in [-0.05, 0) is 42.8 Å². The van der Waals surface area contributed by atoms with Gasteiger partial charge in [0.25, 0.3) is 0 Å². The van der Waals surface area contributed by atoms with Crippen LogP contribution in [0, 0.1) is 0 Å². The summed E-state index contributed by atoms with van der Waals surface area (Å²) in [5, 5.41) is 9.64. The van der Waals surface area contributed by atoms with Crippen molar-refractivity contribution in [2.24, 2.45) is 0 Å². The van der Waals surface area contributed by atoms with Gasteiger partial charge in [-0.2, -0.15) is 0 Å². The summed E-state index contributed by atoms with van der Waals surface area (Å²) in [5.41, 5.74) is 4.32. The number of esters is 1. The number of hydrogen-bond acceptors (Lipinski definition) is 9. The van der Waals surface area contributed by atoms with Crippen molar-refractivity contribution in [2.45, 2.75) is 18.6 Å². The van der Waals surface area contributed by atoms with Crippen molar-refractivity contribution in [3.63, 3.8) is 0 Å². The van der Waals surface area contributed by atoms with Gasteiger partial charge in [-0.15, -0.1) is 0 Å². The molecule has 3 heterocycles. The second kappa shape index (κ2) is 9.39. The molecule has 3 aromatic rings. The maximum atomic E-state index is 13.2. The van der Waals surface area contributed by atoms with Crippen LogP contribution >= 0.6 is 0 Å². The molecular formula is C29H27NO9. The van der Waals surface area contributed by atoms with Crippen molar-refractivity contribution < 1.29 is 43.1 Å². The van der Waals surface area contributed by atoms with Crippen molar-refractivity contribution in [1.82, 2.24) is 4.90 Å². The van der Waals surface area contributed by atoms with Crippen LogP contribution < -0.4 is 23.7 Å². The van der Waals surface area contributed by atoms with Crippen LogP contribution in [0.2, 0.25) is 0 Å². The number of hydrogen-bond donors (Lipinski definition) is 1. The molecule has 2 atom stereocenters. The van der Waals surface area contributed by atoms with Crippen LogP contribution in [0.5, 0.6) is 28.7 Å². The van der Waals surface area contributed by atoms with Crippen molar-refractivity contribution >= 4 is 11.9 Å². The molecule has 3 aliphatic rings. The first-order valence-corrected chi connectivity index (χ1v) is 12.4. The van der Waals surface area contributed by atoms with Gasteiger partial charge in [0.15, 0.2) is 23.0 Å². The molecule has 2 unspecified atom stereocenters. The van der Waals surface area contributed by atoms with Gasteiger partial charge in [0.1, 0.15) is 11.7 Å². The predicted octanol–water partition coefficient (Wildman–Crippen LogP) is 4.25. The monoisotopic (exact) mass is 533 g/mol. The summed E-state index contributed by atoms with van der Waals surface area (Å²) < 4.78 is 34.8. The lowest BCUT2D eigenvalue weighted by molar-refractivity contribution is 0.00876. The molecule has 0 saturated heterocycles. The zero-order chi connectivity index (χ0) is 27.4. The van der Waals surface area contributed by atoms with E-state index in [1.165, 1.54) is 14.2 Å². The Labute approximate surface area is 224 Å². The second-order valence-corrected chi connectivity index (χ2v) is 9.52. The minimum Gasteiger partial charge on any atom is -0.493 e. The van der Waals surface area contributed by atoms with E-state index in [0.29, 0.717) is 58.4 Å². The van der Waals surface area contributed by atoms with Crippen LogP contribution in [0.4, 0.5) is 0 Å². The van der Waals surface area contributed by atoms with E-state index >= 15 is 0 Å². The molecule has 0 spiro atoms. The van der Waals surface area contributed by atoms with Crippen LogP contribution in [0.15, 0.2) is 36.4 Å². The number of carboxylic acid groups (broad SMARTS) is 1. The molecule has 10 nitrogen and oxygen atoms in total. The Balaban J connectivity index is 1.60. The summed E-state index contributed by atoms with van der Waals surface area (Å²) in [6.45, 7) is 0.641. The molecule has 0 radical (unpaired) electrons. The summed E-state index contributed by atoms with van der Waals surface area (Å²) in [6, 6.07) is 9.88. The Morgan fingerprint density at radius 1 is 1.00 bits per heavy atom. The zero-order valence-corrected chi connectivity index (χ0v) is 21.9. The molecule has 0 aliphatic carbocycles. The first kappa shape index (κ1) is 24.9. The smallest absolute Gasteiger partial charge is 0.343 e. The highest BCUT2D eigenvalue weighted by molar-refractivity contribution is 5.98. The number of nitrogens with zero attached hydrogens (tertiary/aromatic N) is 1.